The standard InChI is InChI=1S/C10H14ClNO2/c1-10(2,3)14-9(13)12-5-4-8(6-11)7-12/h4-5,7H,6H2,1-3H3. The average molecular weight is 216 g/mol. The molecule has 0 fully saturated rings. The molecule has 1 heterocycles. The summed E-state index contributed by atoms with van der Waals surface area (Å²) in [6, 6.07) is 1.79. The summed E-state index contributed by atoms with van der Waals surface area (Å²) in [5, 5.41) is 0. The molecule has 0 aromatic carbocycles. The Kier molecular flexibility index (Phi) is 3.21. The van der Waals surface area contributed by atoms with Gasteiger partial charge in [0.15, 0.2) is 0 Å². The monoisotopic (exact) mass is 215 g/mol. The van der Waals surface area contributed by atoms with Crippen LogP contribution in [-0.4, -0.2) is 16.3 Å². The van der Waals surface area contributed by atoms with Crippen LogP contribution in [-0.2, 0) is 10.6 Å². The highest BCUT2D eigenvalue weighted by molar-refractivity contribution is 6.17. The van der Waals surface area contributed by atoms with Crippen LogP contribution in [0.3, 0.4) is 0 Å². The van der Waals surface area contributed by atoms with E-state index in [1.807, 2.05) is 20.8 Å². The first kappa shape index (κ1) is 11.1. The van der Waals surface area contributed by atoms with E-state index >= 15 is 0 Å². The maximum absolute atomic E-state index is 11.5. The molecule has 0 atom stereocenters. The van der Waals surface area contributed by atoms with Crippen molar-refractivity contribution in [2.24, 2.45) is 0 Å². The molecule has 0 aliphatic heterocycles. The molecular formula is C10H14ClNO2. The Balaban J connectivity index is 2.70. The largest absolute Gasteiger partial charge is 0.443 e. The van der Waals surface area contributed by atoms with E-state index in [1.54, 1.807) is 18.5 Å². The predicted octanol–water partition coefficient (Wildman–Crippen LogP) is 3.01. The van der Waals surface area contributed by atoms with Gasteiger partial charge in [0, 0.05) is 18.3 Å². The average Bonchev–Trinajstić information content (AvgIpc) is 2.48. The number of carbonyl (C=O) groups is 1. The van der Waals surface area contributed by atoms with Gasteiger partial charge in [-0.05, 0) is 32.4 Å². The zero-order valence-corrected chi connectivity index (χ0v) is 9.34. The molecule has 14 heavy (non-hydrogen) atoms. The molecule has 0 amide bonds. The number of rotatable bonds is 1. The lowest BCUT2D eigenvalue weighted by molar-refractivity contribution is 0.0537. The number of carbonyl (C=O) groups excluding carboxylic acids is 1. The quantitative estimate of drug-likeness (QED) is 0.675. The fourth-order valence-corrected chi connectivity index (χ4v) is 1.11. The SMILES string of the molecule is CC(C)(C)OC(=O)n1ccc(CCl)c1. The first-order valence-corrected chi connectivity index (χ1v) is 4.92. The topological polar surface area (TPSA) is 31.2 Å². The minimum Gasteiger partial charge on any atom is -0.443 e. The molecule has 1 aromatic heterocycles. The van der Waals surface area contributed by atoms with Crippen LogP contribution in [0.15, 0.2) is 18.5 Å². The molecule has 0 saturated heterocycles. The molecule has 0 bridgehead atoms. The van der Waals surface area contributed by atoms with E-state index in [9.17, 15) is 4.79 Å². The maximum Gasteiger partial charge on any atom is 0.418 e. The fraction of sp³-hybridized carbons (Fsp3) is 0.500. The second-order valence-corrected chi connectivity index (χ2v) is 4.31. The fourth-order valence-electron chi connectivity index (χ4n) is 0.948. The summed E-state index contributed by atoms with van der Waals surface area (Å²) in [5.41, 5.74) is 0.431. The second-order valence-electron chi connectivity index (χ2n) is 4.04. The van der Waals surface area contributed by atoms with E-state index in [0.717, 1.165) is 5.56 Å². The lowest BCUT2D eigenvalue weighted by Gasteiger charge is -2.19. The van der Waals surface area contributed by atoms with Crippen molar-refractivity contribution in [3.63, 3.8) is 0 Å². The van der Waals surface area contributed by atoms with Crippen molar-refractivity contribution in [2.45, 2.75) is 32.3 Å². The van der Waals surface area contributed by atoms with Gasteiger partial charge in [0.1, 0.15) is 5.60 Å². The molecule has 4 heteroatoms. The number of hydrogen-bond donors (Lipinski definition) is 0. The van der Waals surface area contributed by atoms with Crippen molar-refractivity contribution in [3.8, 4) is 0 Å². The molecule has 0 N–H and O–H groups in total. The molecule has 0 aliphatic carbocycles. The van der Waals surface area contributed by atoms with Crippen LogP contribution in [0.5, 0.6) is 0 Å². The smallest absolute Gasteiger partial charge is 0.418 e. The van der Waals surface area contributed by atoms with Crippen LogP contribution in [0.1, 0.15) is 26.3 Å². The van der Waals surface area contributed by atoms with Crippen LogP contribution in [0.4, 0.5) is 4.79 Å². The van der Waals surface area contributed by atoms with Gasteiger partial charge in [-0.2, -0.15) is 0 Å². The Morgan fingerprint density at radius 2 is 2.21 bits per heavy atom. The summed E-state index contributed by atoms with van der Waals surface area (Å²) >= 11 is 5.61. The van der Waals surface area contributed by atoms with Gasteiger partial charge in [-0.25, -0.2) is 4.79 Å². The van der Waals surface area contributed by atoms with Crippen LogP contribution in [0.2, 0.25) is 0 Å². The van der Waals surface area contributed by atoms with E-state index < -0.39 is 5.60 Å². The van der Waals surface area contributed by atoms with E-state index in [-0.39, 0.29) is 6.09 Å². The van der Waals surface area contributed by atoms with Crippen LogP contribution < -0.4 is 0 Å². The van der Waals surface area contributed by atoms with Crippen LogP contribution in [0.25, 0.3) is 0 Å². The number of halogens is 1. The molecule has 78 valence electrons. The first-order chi connectivity index (χ1) is 6.42. The lowest BCUT2D eigenvalue weighted by Crippen LogP contribution is -2.26. The van der Waals surface area contributed by atoms with E-state index in [1.165, 1.54) is 4.57 Å². The third kappa shape index (κ3) is 3.07. The predicted molar refractivity (Wildman–Crippen MR) is 55.6 cm³/mol. The van der Waals surface area contributed by atoms with Gasteiger partial charge in [-0.15, -0.1) is 11.6 Å². The van der Waals surface area contributed by atoms with Gasteiger partial charge in [0.2, 0.25) is 0 Å². The summed E-state index contributed by atoms with van der Waals surface area (Å²) < 4.78 is 6.55. The molecule has 0 saturated carbocycles. The molecule has 0 radical (unpaired) electrons. The van der Waals surface area contributed by atoms with Crippen LogP contribution in [0, 0.1) is 0 Å². The van der Waals surface area contributed by atoms with Gasteiger partial charge in [0.05, 0.1) is 0 Å². The Morgan fingerprint density at radius 1 is 1.57 bits per heavy atom. The third-order valence-electron chi connectivity index (χ3n) is 1.51. The molecule has 1 rings (SSSR count). The Bertz CT molecular complexity index is 325. The van der Waals surface area contributed by atoms with Crippen molar-refractivity contribution >= 4 is 17.7 Å². The summed E-state index contributed by atoms with van der Waals surface area (Å²) in [4.78, 5) is 11.5. The summed E-state index contributed by atoms with van der Waals surface area (Å²) in [6.45, 7) is 5.49. The summed E-state index contributed by atoms with van der Waals surface area (Å²) in [7, 11) is 0. The molecule has 0 aliphatic rings. The molecule has 3 nitrogen and oxygen atoms in total. The lowest BCUT2D eigenvalue weighted by atomic mass is 10.2. The van der Waals surface area contributed by atoms with Gasteiger partial charge >= 0.3 is 6.09 Å². The number of alkyl halides is 1. The number of ether oxygens (including phenoxy) is 1. The molecule has 0 spiro atoms. The Morgan fingerprint density at radius 3 is 2.64 bits per heavy atom. The van der Waals surface area contributed by atoms with Crippen molar-refractivity contribution in [2.75, 3.05) is 0 Å². The van der Waals surface area contributed by atoms with E-state index in [4.69, 9.17) is 16.3 Å². The second kappa shape index (κ2) is 4.05. The van der Waals surface area contributed by atoms with E-state index in [0.29, 0.717) is 5.88 Å². The molecule has 1 aromatic rings. The van der Waals surface area contributed by atoms with Crippen molar-refractivity contribution < 1.29 is 9.53 Å². The maximum atomic E-state index is 11.5. The Labute approximate surface area is 88.6 Å². The summed E-state index contributed by atoms with van der Waals surface area (Å²) in [5.74, 6) is 0.399. The minimum absolute atomic E-state index is 0.381. The van der Waals surface area contributed by atoms with Crippen molar-refractivity contribution in [1.29, 1.82) is 0 Å². The summed E-state index contributed by atoms with van der Waals surface area (Å²) in [6.07, 6.45) is 2.93. The normalized spacial score (nSPS) is 11.4. The first-order valence-electron chi connectivity index (χ1n) is 4.38. The van der Waals surface area contributed by atoms with Gasteiger partial charge < -0.3 is 4.74 Å². The van der Waals surface area contributed by atoms with Gasteiger partial charge in [0.25, 0.3) is 0 Å². The number of hydrogen-bond acceptors (Lipinski definition) is 2. The molecule has 0 unspecified atom stereocenters. The van der Waals surface area contributed by atoms with E-state index in [2.05, 4.69) is 0 Å². The Hall–Kier alpha value is -0.960. The zero-order chi connectivity index (χ0) is 10.8. The minimum atomic E-state index is -0.470. The highest BCUT2D eigenvalue weighted by Gasteiger charge is 2.17. The number of nitrogens with zero attached hydrogens (tertiary/aromatic N) is 1. The zero-order valence-electron chi connectivity index (χ0n) is 8.58. The van der Waals surface area contributed by atoms with Crippen molar-refractivity contribution in [3.05, 3.63) is 24.0 Å². The highest BCUT2D eigenvalue weighted by atomic mass is 35.5. The van der Waals surface area contributed by atoms with Gasteiger partial charge in [-0.3, -0.25) is 4.57 Å². The number of aromatic nitrogens is 1. The third-order valence-corrected chi connectivity index (χ3v) is 1.82. The van der Waals surface area contributed by atoms with Crippen LogP contribution >= 0.6 is 11.6 Å². The van der Waals surface area contributed by atoms with Gasteiger partial charge in [-0.1, -0.05) is 0 Å². The molecular weight excluding hydrogens is 202 g/mol. The highest BCUT2D eigenvalue weighted by Crippen LogP contribution is 2.11. The van der Waals surface area contributed by atoms with Crippen molar-refractivity contribution in [1.82, 2.24) is 4.57 Å².